The first kappa shape index (κ1) is 11.3. The van der Waals surface area contributed by atoms with E-state index < -0.39 is 0 Å². The zero-order valence-corrected chi connectivity index (χ0v) is 11.0. The van der Waals surface area contributed by atoms with Crippen LogP contribution in [-0.4, -0.2) is 15.6 Å². The largest absolute Gasteiger partial charge is 0.289 e. The summed E-state index contributed by atoms with van der Waals surface area (Å²) in [5, 5.41) is 5.94. The van der Waals surface area contributed by atoms with E-state index in [0.717, 1.165) is 9.35 Å². The highest BCUT2D eigenvalue weighted by Gasteiger charge is 2.03. The van der Waals surface area contributed by atoms with Crippen molar-refractivity contribution in [1.29, 1.82) is 0 Å². The molecule has 0 N–H and O–H groups in total. The number of hydrogen-bond acceptors (Lipinski definition) is 3. The number of carbonyl (C=O) groups excluding carboxylic acids is 1. The first-order valence-electron chi connectivity index (χ1n) is 4.60. The molecule has 2 heterocycles. The summed E-state index contributed by atoms with van der Waals surface area (Å²) in [6.07, 6.45) is 6.63. The topological polar surface area (TPSA) is 34.9 Å². The predicted octanol–water partition coefficient (Wildman–Crippen LogP) is 3.14. The van der Waals surface area contributed by atoms with Crippen LogP contribution < -0.4 is 0 Å². The molecule has 0 saturated heterocycles. The standard InChI is InChI=1S/C11H9BrN2OS/c1-14-6-9(5-13-14)10(15)3-2-8-4-11(12)16-7-8/h2-7H,1H3/b3-2-. The van der Waals surface area contributed by atoms with Crippen LogP contribution in [0.2, 0.25) is 0 Å². The minimum absolute atomic E-state index is 0.0320. The highest BCUT2D eigenvalue weighted by Crippen LogP contribution is 2.21. The zero-order chi connectivity index (χ0) is 11.5. The molecule has 16 heavy (non-hydrogen) atoms. The van der Waals surface area contributed by atoms with Crippen molar-refractivity contribution >= 4 is 39.1 Å². The van der Waals surface area contributed by atoms with Crippen LogP contribution in [0.4, 0.5) is 0 Å². The van der Waals surface area contributed by atoms with Gasteiger partial charge in [-0.15, -0.1) is 11.3 Å². The van der Waals surface area contributed by atoms with Gasteiger partial charge in [-0.05, 0) is 39.0 Å². The van der Waals surface area contributed by atoms with Crippen LogP contribution >= 0.6 is 27.3 Å². The number of nitrogens with zero attached hydrogens (tertiary/aromatic N) is 2. The highest BCUT2D eigenvalue weighted by molar-refractivity contribution is 9.11. The average Bonchev–Trinajstić information content (AvgIpc) is 2.84. The van der Waals surface area contributed by atoms with E-state index in [-0.39, 0.29) is 5.78 Å². The van der Waals surface area contributed by atoms with Crippen LogP contribution in [0.5, 0.6) is 0 Å². The molecule has 3 nitrogen and oxygen atoms in total. The second kappa shape index (κ2) is 4.76. The van der Waals surface area contributed by atoms with Gasteiger partial charge in [0.05, 0.1) is 15.5 Å². The molecule has 0 aliphatic rings. The number of thiophene rings is 1. The molecule has 0 bridgehead atoms. The fourth-order valence-corrected chi connectivity index (χ4v) is 2.37. The van der Waals surface area contributed by atoms with E-state index in [4.69, 9.17) is 0 Å². The van der Waals surface area contributed by atoms with Crippen molar-refractivity contribution in [1.82, 2.24) is 9.78 Å². The number of allylic oxidation sites excluding steroid dienone is 1. The molecule has 0 fully saturated rings. The van der Waals surface area contributed by atoms with Crippen LogP contribution in [0.1, 0.15) is 15.9 Å². The summed E-state index contributed by atoms with van der Waals surface area (Å²) in [6.45, 7) is 0. The summed E-state index contributed by atoms with van der Waals surface area (Å²) in [6, 6.07) is 1.97. The van der Waals surface area contributed by atoms with Gasteiger partial charge in [0.2, 0.25) is 0 Å². The first-order valence-corrected chi connectivity index (χ1v) is 6.27. The minimum atomic E-state index is -0.0320. The van der Waals surface area contributed by atoms with Crippen molar-refractivity contribution in [3.05, 3.63) is 44.8 Å². The average molecular weight is 297 g/mol. The maximum atomic E-state index is 11.7. The third-order valence-electron chi connectivity index (χ3n) is 2.00. The quantitative estimate of drug-likeness (QED) is 0.644. The predicted molar refractivity (Wildman–Crippen MR) is 68.6 cm³/mol. The Morgan fingerprint density at radius 3 is 3.00 bits per heavy atom. The Labute approximate surface area is 106 Å². The van der Waals surface area contributed by atoms with E-state index in [0.29, 0.717) is 5.56 Å². The SMILES string of the molecule is Cn1cc(C(=O)/C=C\c2csc(Br)c2)cn1. The van der Waals surface area contributed by atoms with Crippen molar-refractivity contribution in [2.24, 2.45) is 7.05 Å². The van der Waals surface area contributed by atoms with Gasteiger partial charge in [0.15, 0.2) is 5.78 Å². The molecule has 2 rings (SSSR count). The van der Waals surface area contributed by atoms with Crippen LogP contribution in [0.3, 0.4) is 0 Å². The van der Waals surface area contributed by atoms with Gasteiger partial charge in [0.1, 0.15) is 0 Å². The van der Waals surface area contributed by atoms with Crippen molar-refractivity contribution in [2.45, 2.75) is 0 Å². The summed E-state index contributed by atoms with van der Waals surface area (Å²) in [5.74, 6) is -0.0320. The number of halogens is 1. The maximum absolute atomic E-state index is 11.7. The molecule has 0 unspecified atom stereocenters. The molecule has 0 saturated carbocycles. The number of ketones is 1. The summed E-state index contributed by atoms with van der Waals surface area (Å²) in [7, 11) is 1.79. The van der Waals surface area contributed by atoms with Gasteiger partial charge >= 0.3 is 0 Å². The van der Waals surface area contributed by atoms with E-state index in [2.05, 4.69) is 21.0 Å². The lowest BCUT2D eigenvalue weighted by Crippen LogP contribution is -1.91. The summed E-state index contributed by atoms with van der Waals surface area (Å²) in [5.41, 5.74) is 1.63. The van der Waals surface area contributed by atoms with Crippen molar-refractivity contribution in [3.63, 3.8) is 0 Å². The van der Waals surface area contributed by atoms with Gasteiger partial charge in [-0.25, -0.2) is 0 Å². The lowest BCUT2D eigenvalue weighted by Gasteiger charge is -1.87. The van der Waals surface area contributed by atoms with Crippen molar-refractivity contribution in [3.8, 4) is 0 Å². The second-order valence-electron chi connectivity index (χ2n) is 3.28. The maximum Gasteiger partial charge on any atom is 0.189 e. The van der Waals surface area contributed by atoms with Crippen molar-refractivity contribution in [2.75, 3.05) is 0 Å². The molecular weight excluding hydrogens is 288 g/mol. The molecule has 0 aliphatic heterocycles. The fourth-order valence-electron chi connectivity index (χ4n) is 1.23. The lowest BCUT2D eigenvalue weighted by atomic mass is 10.2. The van der Waals surface area contributed by atoms with Gasteiger partial charge in [0, 0.05) is 13.2 Å². The zero-order valence-electron chi connectivity index (χ0n) is 8.55. The van der Waals surface area contributed by atoms with Crippen LogP contribution in [0, 0.1) is 0 Å². The normalized spacial score (nSPS) is 11.1. The molecule has 0 aromatic carbocycles. The number of rotatable bonds is 3. The molecule has 2 aromatic heterocycles. The van der Waals surface area contributed by atoms with Gasteiger partial charge in [0.25, 0.3) is 0 Å². The number of aryl methyl sites for hydroxylation is 1. The first-order chi connectivity index (χ1) is 7.65. The summed E-state index contributed by atoms with van der Waals surface area (Å²) >= 11 is 4.97. The van der Waals surface area contributed by atoms with E-state index >= 15 is 0 Å². The molecule has 0 atom stereocenters. The van der Waals surface area contributed by atoms with Crippen molar-refractivity contribution < 1.29 is 4.79 Å². The molecule has 82 valence electrons. The lowest BCUT2D eigenvalue weighted by molar-refractivity contribution is 0.104. The third-order valence-corrected chi connectivity index (χ3v) is 3.53. The Morgan fingerprint density at radius 2 is 2.44 bits per heavy atom. The fraction of sp³-hybridized carbons (Fsp3) is 0.0909. The monoisotopic (exact) mass is 296 g/mol. The molecule has 0 radical (unpaired) electrons. The van der Waals surface area contributed by atoms with E-state index in [1.165, 1.54) is 0 Å². The smallest absolute Gasteiger partial charge is 0.189 e. The Hall–Kier alpha value is -1.20. The minimum Gasteiger partial charge on any atom is -0.289 e. The Bertz CT molecular complexity index is 542. The van der Waals surface area contributed by atoms with E-state index in [9.17, 15) is 4.79 Å². The molecular formula is C11H9BrN2OS. The Morgan fingerprint density at radius 1 is 1.62 bits per heavy atom. The molecule has 0 spiro atoms. The van der Waals surface area contributed by atoms with Gasteiger partial charge < -0.3 is 0 Å². The van der Waals surface area contributed by atoms with Gasteiger partial charge in [-0.1, -0.05) is 6.08 Å². The highest BCUT2D eigenvalue weighted by atomic mass is 79.9. The van der Waals surface area contributed by atoms with Crippen LogP contribution in [0.15, 0.2) is 33.7 Å². The van der Waals surface area contributed by atoms with E-state index in [1.54, 1.807) is 47.6 Å². The number of aromatic nitrogens is 2. The molecule has 2 aromatic rings. The van der Waals surface area contributed by atoms with E-state index in [1.807, 2.05) is 11.4 Å². The number of hydrogen-bond donors (Lipinski definition) is 0. The van der Waals surface area contributed by atoms with Crippen LogP contribution in [0.25, 0.3) is 6.08 Å². The molecule has 0 aliphatic carbocycles. The summed E-state index contributed by atoms with van der Waals surface area (Å²) in [4.78, 5) is 11.7. The molecule has 5 heteroatoms. The van der Waals surface area contributed by atoms with Gasteiger partial charge in [-0.2, -0.15) is 5.10 Å². The third kappa shape index (κ3) is 2.68. The Balaban J connectivity index is 2.10. The van der Waals surface area contributed by atoms with Crippen LogP contribution in [-0.2, 0) is 7.05 Å². The second-order valence-corrected chi connectivity index (χ2v) is 5.57. The Kier molecular flexibility index (Phi) is 3.36. The number of carbonyl (C=O) groups is 1. The summed E-state index contributed by atoms with van der Waals surface area (Å²) < 4.78 is 2.67. The van der Waals surface area contributed by atoms with Gasteiger partial charge in [-0.3, -0.25) is 9.48 Å². The molecule has 0 amide bonds.